The number of carbonyl (C=O) groups is 1. The first-order valence-electron chi connectivity index (χ1n) is 7.19. The predicted molar refractivity (Wildman–Crippen MR) is 86.6 cm³/mol. The summed E-state index contributed by atoms with van der Waals surface area (Å²) in [6, 6.07) is 7.73. The van der Waals surface area contributed by atoms with Gasteiger partial charge in [-0.1, -0.05) is 18.2 Å². The van der Waals surface area contributed by atoms with Gasteiger partial charge >= 0.3 is 0 Å². The SMILES string of the molecule is COCCNC(=O)c1cnc(NCc2ccccc2OC)cn1. The fourth-order valence-electron chi connectivity index (χ4n) is 1.93. The summed E-state index contributed by atoms with van der Waals surface area (Å²) in [4.78, 5) is 20.1. The molecular formula is C16H20N4O3. The van der Waals surface area contributed by atoms with Crippen molar-refractivity contribution in [3.8, 4) is 5.75 Å². The van der Waals surface area contributed by atoms with Crippen LogP contribution in [0.25, 0.3) is 0 Å². The number of carbonyl (C=O) groups excluding carboxylic acids is 1. The van der Waals surface area contributed by atoms with E-state index < -0.39 is 0 Å². The first-order valence-corrected chi connectivity index (χ1v) is 7.19. The molecule has 0 aliphatic rings. The minimum atomic E-state index is -0.272. The van der Waals surface area contributed by atoms with Crippen molar-refractivity contribution >= 4 is 11.7 Å². The Morgan fingerprint density at radius 2 is 2.00 bits per heavy atom. The van der Waals surface area contributed by atoms with Crippen molar-refractivity contribution in [3.05, 3.63) is 47.9 Å². The number of hydrogen-bond acceptors (Lipinski definition) is 6. The molecule has 0 unspecified atom stereocenters. The van der Waals surface area contributed by atoms with Gasteiger partial charge in [-0.3, -0.25) is 4.79 Å². The van der Waals surface area contributed by atoms with Crippen LogP contribution in [0.1, 0.15) is 16.1 Å². The molecule has 1 aromatic carbocycles. The van der Waals surface area contributed by atoms with Crippen LogP contribution in [0.15, 0.2) is 36.7 Å². The number of nitrogens with one attached hydrogen (secondary N) is 2. The zero-order chi connectivity index (χ0) is 16.5. The second kappa shape index (κ2) is 8.70. The molecule has 0 radical (unpaired) electrons. The lowest BCUT2D eigenvalue weighted by Gasteiger charge is -2.10. The van der Waals surface area contributed by atoms with Gasteiger partial charge in [-0.2, -0.15) is 0 Å². The van der Waals surface area contributed by atoms with Crippen LogP contribution in [0, 0.1) is 0 Å². The quantitative estimate of drug-likeness (QED) is 0.718. The first kappa shape index (κ1) is 16.7. The summed E-state index contributed by atoms with van der Waals surface area (Å²) in [6.45, 7) is 1.45. The molecule has 0 aliphatic heterocycles. The van der Waals surface area contributed by atoms with E-state index in [9.17, 15) is 4.79 Å². The Labute approximate surface area is 135 Å². The highest BCUT2D eigenvalue weighted by molar-refractivity contribution is 5.91. The molecule has 2 N–H and O–H groups in total. The van der Waals surface area contributed by atoms with Crippen LogP contribution in [-0.4, -0.2) is 43.2 Å². The van der Waals surface area contributed by atoms with Crippen LogP contribution in [0.2, 0.25) is 0 Å². The van der Waals surface area contributed by atoms with Crippen molar-refractivity contribution in [1.82, 2.24) is 15.3 Å². The number of anilines is 1. The Morgan fingerprint density at radius 1 is 1.17 bits per heavy atom. The summed E-state index contributed by atoms with van der Waals surface area (Å²) >= 11 is 0. The van der Waals surface area contributed by atoms with Gasteiger partial charge in [-0.05, 0) is 6.07 Å². The maximum atomic E-state index is 11.8. The van der Waals surface area contributed by atoms with E-state index in [-0.39, 0.29) is 11.6 Å². The minimum Gasteiger partial charge on any atom is -0.496 e. The highest BCUT2D eigenvalue weighted by Gasteiger charge is 2.07. The number of rotatable bonds is 8. The van der Waals surface area contributed by atoms with Gasteiger partial charge in [0.25, 0.3) is 5.91 Å². The highest BCUT2D eigenvalue weighted by atomic mass is 16.5. The number of aromatic nitrogens is 2. The Bertz CT molecular complexity index is 631. The van der Waals surface area contributed by atoms with Crippen LogP contribution < -0.4 is 15.4 Å². The molecule has 2 aromatic rings. The second-order valence-corrected chi connectivity index (χ2v) is 4.70. The number of ether oxygens (including phenoxy) is 2. The van der Waals surface area contributed by atoms with Crippen LogP contribution in [-0.2, 0) is 11.3 Å². The van der Waals surface area contributed by atoms with E-state index in [0.717, 1.165) is 11.3 Å². The van der Waals surface area contributed by atoms with Crippen LogP contribution in [0.4, 0.5) is 5.82 Å². The molecule has 1 aromatic heterocycles. The molecule has 0 fully saturated rings. The van der Waals surface area contributed by atoms with Gasteiger partial charge in [0.15, 0.2) is 0 Å². The maximum absolute atomic E-state index is 11.8. The lowest BCUT2D eigenvalue weighted by molar-refractivity contribution is 0.0932. The Balaban J connectivity index is 1.91. The lowest BCUT2D eigenvalue weighted by atomic mass is 10.2. The minimum absolute atomic E-state index is 0.268. The summed E-state index contributed by atoms with van der Waals surface area (Å²) in [5, 5.41) is 5.84. The largest absolute Gasteiger partial charge is 0.496 e. The fourth-order valence-corrected chi connectivity index (χ4v) is 1.93. The summed E-state index contributed by atoms with van der Waals surface area (Å²) in [6.07, 6.45) is 2.97. The predicted octanol–water partition coefficient (Wildman–Crippen LogP) is 1.47. The molecule has 122 valence electrons. The van der Waals surface area contributed by atoms with Crippen molar-refractivity contribution in [2.45, 2.75) is 6.54 Å². The number of para-hydroxylation sites is 1. The van der Waals surface area contributed by atoms with Gasteiger partial charge < -0.3 is 20.1 Å². The summed E-state index contributed by atoms with van der Waals surface area (Å²) in [5.41, 5.74) is 1.28. The normalized spacial score (nSPS) is 10.2. The van der Waals surface area contributed by atoms with Crippen LogP contribution in [0.3, 0.4) is 0 Å². The molecule has 7 heteroatoms. The third kappa shape index (κ3) is 4.93. The third-order valence-corrected chi connectivity index (χ3v) is 3.13. The van der Waals surface area contributed by atoms with E-state index >= 15 is 0 Å². The molecule has 23 heavy (non-hydrogen) atoms. The van der Waals surface area contributed by atoms with Crippen molar-refractivity contribution in [2.24, 2.45) is 0 Å². The molecule has 7 nitrogen and oxygen atoms in total. The van der Waals surface area contributed by atoms with Gasteiger partial charge in [0.05, 0.1) is 26.1 Å². The Morgan fingerprint density at radius 3 is 2.70 bits per heavy atom. The fraction of sp³-hybridized carbons (Fsp3) is 0.312. The highest BCUT2D eigenvalue weighted by Crippen LogP contribution is 2.18. The molecular weight excluding hydrogens is 296 g/mol. The lowest BCUT2D eigenvalue weighted by Crippen LogP contribution is -2.27. The molecule has 0 saturated heterocycles. The van der Waals surface area contributed by atoms with E-state index in [0.29, 0.717) is 25.5 Å². The zero-order valence-corrected chi connectivity index (χ0v) is 13.2. The topological polar surface area (TPSA) is 85.4 Å². The van der Waals surface area contributed by atoms with Crippen molar-refractivity contribution in [3.63, 3.8) is 0 Å². The van der Waals surface area contributed by atoms with E-state index in [1.165, 1.54) is 12.4 Å². The molecule has 0 bridgehead atoms. The smallest absolute Gasteiger partial charge is 0.271 e. The molecule has 0 spiro atoms. The monoisotopic (exact) mass is 316 g/mol. The zero-order valence-electron chi connectivity index (χ0n) is 13.2. The number of amides is 1. The molecule has 0 aliphatic carbocycles. The molecule has 1 amide bonds. The molecule has 0 saturated carbocycles. The average molecular weight is 316 g/mol. The van der Waals surface area contributed by atoms with E-state index in [2.05, 4.69) is 20.6 Å². The van der Waals surface area contributed by atoms with E-state index in [1.54, 1.807) is 14.2 Å². The number of methoxy groups -OCH3 is 2. The number of hydrogen-bond donors (Lipinski definition) is 2. The van der Waals surface area contributed by atoms with Crippen molar-refractivity contribution in [2.75, 3.05) is 32.7 Å². The molecule has 2 rings (SSSR count). The summed E-state index contributed by atoms with van der Waals surface area (Å²) < 4.78 is 10.2. The molecule has 0 atom stereocenters. The number of benzene rings is 1. The van der Waals surface area contributed by atoms with Crippen LogP contribution >= 0.6 is 0 Å². The van der Waals surface area contributed by atoms with E-state index in [4.69, 9.17) is 9.47 Å². The van der Waals surface area contributed by atoms with Crippen molar-refractivity contribution in [1.29, 1.82) is 0 Å². The van der Waals surface area contributed by atoms with Gasteiger partial charge in [-0.25, -0.2) is 9.97 Å². The first-order chi connectivity index (χ1) is 11.2. The maximum Gasteiger partial charge on any atom is 0.271 e. The Hall–Kier alpha value is -2.67. The van der Waals surface area contributed by atoms with Gasteiger partial charge in [0, 0.05) is 25.8 Å². The molecule has 1 heterocycles. The second-order valence-electron chi connectivity index (χ2n) is 4.70. The third-order valence-electron chi connectivity index (χ3n) is 3.13. The van der Waals surface area contributed by atoms with Crippen LogP contribution in [0.5, 0.6) is 5.75 Å². The van der Waals surface area contributed by atoms with Gasteiger partial charge in [0.2, 0.25) is 0 Å². The number of nitrogens with zero attached hydrogens (tertiary/aromatic N) is 2. The van der Waals surface area contributed by atoms with E-state index in [1.807, 2.05) is 24.3 Å². The summed E-state index contributed by atoms with van der Waals surface area (Å²) in [5.74, 6) is 1.12. The standard InChI is InChI=1S/C16H20N4O3/c1-22-8-7-17-16(21)13-10-20-15(11-18-13)19-9-12-5-3-4-6-14(12)23-2/h3-6,10-11H,7-9H2,1-2H3,(H,17,21)(H,19,20). The van der Waals surface area contributed by atoms with Gasteiger partial charge in [0.1, 0.15) is 17.3 Å². The Kier molecular flexibility index (Phi) is 6.31. The summed E-state index contributed by atoms with van der Waals surface area (Å²) in [7, 11) is 3.21. The van der Waals surface area contributed by atoms with Crippen molar-refractivity contribution < 1.29 is 14.3 Å². The van der Waals surface area contributed by atoms with Gasteiger partial charge in [-0.15, -0.1) is 0 Å². The average Bonchev–Trinajstić information content (AvgIpc) is 2.60.